The molecule has 0 bridgehead atoms. The molecular weight excluding hydrogens is 260 g/mol. The molecule has 0 aliphatic heterocycles. The van der Waals surface area contributed by atoms with Crippen LogP contribution in [0.1, 0.15) is 5.56 Å². The van der Waals surface area contributed by atoms with Crippen molar-refractivity contribution in [2.45, 2.75) is 6.54 Å². The van der Waals surface area contributed by atoms with E-state index in [0.717, 1.165) is 6.08 Å². The van der Waals surface area contributed by atoms with Gasteiger partial charge in [0.05, 0.1) is 0 Å². The molecule has 0 saturated heterocycles. The summed E-state index contributed by atoms with van der Waals surface area (Å²) in [5.41, 5.74) is 1.27. The fraction of sp³-hybridized carbons (Fsp3) is 0.0769. The second kappa shape index (κ2) is 6.28. The molecule has 7 nitrogen and oxygen atoms in total. The van der Waals surface area contributed by atoms with Gasteiger partial charge >= 0.3 is 5.97 Å². The Hall–Kier alpha value is -2.96. The molecule has 20 heavy (non-hydrogen) atoms. The zero-order chi connectivity index (χ0) is 14.4. The van der Waals surface area contributed by atoms with Gasteiger partial charge in [-0.05, 0) is 23.8 Å². The Bertz CT molecular complexity index is 635. The molecule has 102 valence electrons. The number of anilines is 1. The first-order valence-corrected chi connectivity index (χ1v) is 5.77. The summed E-state index contributed by atoms with van der Waals surface area (Å²) in [4.78, 5) is 25.9. The third-order valence-electron chi connectivity index (χ3n) is 2.36. The number of aliphatic carboxylic acids is 1. The first-order chi connectivity index (χ1) is 9.63. The Morgan fingerprint density at radius 1 is 1.40 bits per heavy atom. The minimum atomic E-state index is -1.02. The highest BCUT2D eigenvalue weighted by molar-refractivity contribution is 5.91. The maximum Gasteiger partial charge on any atom is 0.328 e. The lowest BCUT2D eigenvalue weighted by Gasteiger charge is -2.05. The number of carboxylic acid groups (broad SMARTS) is 1. The van der Waals surface area contributed by atoms with Crippen LogP contribution >= 0.6 is 0 Å². The largest absolute Gasteiger partial charge is 0.478 e. The molecule has 0 unspecified atom stereocenters. The average molecular weight is 272 g/mol. The van der Waals surface area contributed by atoms with Gasteiger partial charge in [-0.25, -0.2) is 14.5 Å². The summed E-state index contributed by atoms with van der Waals surface area (Å²) < 4.78 is 1.41. The number of nitrogens with one attached hydrogen (secondary N) is 1. The van der Waals surface area contributed by atoms with Crippen LogP contribution in [-0.4, -0.2) is 31.7 Å². The van der Waals surface area contributed by atoms with Crippen molar-refractivity contribution in [2.24, 2.45) is 0 Å². The highest BCUT2D eigenvalue weighted by atomic mass is 16.4. The van der Waals surface area contributed by atoms with Crippen LogP contribution < -0.4 is 5.32 Å². The summed E-state index contributed by atoms with van der Waals surface area (Å²) in [6.45, 7) is 0.0647. The molecule has 2 rings (SSSR count). The molecule has 1 heterocycles. The minimum Gasteiger partial charge on any atom is -0.478 e. The number of carbonyl (C=O) groups excluding carboxylic acids is 1. The van der Waals surface area contributed by atoms with Crippen LogP contribution in [0.2, 0.25) is 0 Å². The summed E-state index contributed by atoms with van der Waals surface area (Å²) >= 11 is 0. The average Bonchev–Trinajstić information content (AvgIpc) is 2.89. The second-order valence-electron chi connectivity index (χ2n) is 3.94. The molecule has 2 N–H and O–H groups in total. The number of hydrogen-bond acceptors (Lipinski definition) is 4. The molecule has 0 aliphatic rings. The molecular formula is C13H12N4O3. The minimum absolute atomic E-state index is 0.0647. The van der Waals surface area contributed by atoms with Gasteiger partial charge in [0, 0.05) is 11.8 Å². The van der Waals surface area contributed by atoms with Crippen molar-refractivity contribution in [3.05, 3.63) is 48.6 Å². The Labute approximate surface area is 114 Å². The van der Waals surface area contributed by atoms with E-state index < -0.39 is 5.97 Å². The number of hydrogen-bond donors (Lipinski definition) is 2. The van der Waals surface area contributed by atoms with E-state index in [2.05, 4.69) is 15.4 Å². The van der Waals surface area contributed by atoms with Crippen molar-refractivity contribution >= 4 is 23.6 Å². The van der Waals surface area contributed by atoms with Crippen molar-refractivity contribution in [1.82, 2.24) is 14.8 Å². The lowest BCUT2D eigenvalue weighted by molar-refractivity contribution is -0.131. The molecule has 0 spiro atoms. The molecule has 2 aromatic rings. The molecule has 0 aliphatic carbocycles. The molecule has 0 atom stereocenters. The van der Waals surface area contributed by atoms with Crippen molar-refractivity contribution in [2.75, 3.05) is 5.32 Å². The number of aromatic nitrogens is 3. The number of amides is 1. The zero-order valence-electron chi connectivity index (χ0n) is 10.4. The second-order valence-corrected chi connectivity index (χ2v) is 3.94. The fourth-order valence-electron chi connectivity index (χ4n) is 1.55. The molecule has 7 heteroatoms. The van der Waals surface area contributed by atoms with E-state index in [1.54, 1.807) is 24.3 Å². The van der Waals surface area contributed by atoms with Crippen molar-refractivity contribution in [3.8, 4) is 0 Å². The summed E-state index contributed by atoms with van der Waals surface area (Å²) in [5.74, 6) is -1.26. The van der Waals surface area contributed by atoms with E-state index in [1.807, 2.05) is 0 Å². The van der Waals surface area contributed by atoms with E-state index >= 15 is 0 Å². The topological polar surface area (TPSA) is 97.1 Å². The summed E-state index contributed by atoms with van der Waals surface area (Å²) in [6.07, 6.45) is 5.29. The lowest BCUT2D eigenvalue weighted by Crippen LogP contribution is -2.19. The first kappa shape index (κ1) is 13.5. The van der Waals surface area contributed by atoms with Crippen LogP contribution in [0, 0.1) is 0 Å². The number of carboxylic acids is 1. The monoisotopic (exact) mass is 272 g/mol. The van der Waals surface area contributed by atoms with E-state index in [1.165, 1.54) is 23.4 Å². The van der Waals surface area contributed by atoms with Gasteiger partial charge in [0.15, 0.2) is 0 Å². The Morgan fingerprint density at radius 2 is 2.25 bits per heavy atom. The van der Waals surface area contributed by atoms with E-state index in [0.29, 0.717) is 11.3 Å². The van der Waals surface area contributed by atoms with Gasteiger partial charge in [-0.3, -0.25) is 4.79 Å². The molecule has 1 aromatic heterocycles. The lowest BCUT2D eigenvalue weighted by atomic mass is 10.2. The van der Waals surface area contributed by atoms with Crippen LogP contribution in [0.4, 0.5) is 5.69 Å². The predicted molar refractivity (Wildman–Crippen MR) is 71.8 cm³/mol. The smallest absolute Gasteiger partial charge is 0.328 e. The van der Waals surface area contributed by atoms with E-state index in [9.17, 15) is 9.59 Å². The van der Waals surface area contributed by atoms with Crippen molar-refractivity contribution in [3.63, 3.8) is 0 Å². The molecule has 0 radical (unpaired) electrons. The SMILES string of the molecule is O=C(O)/C=C/c1cccc(NC(=O)Cn2cncn2)c1. The number of benzene rings is 1. The number of nitrogens with zero attached hydrogens (tertiary/aromatic N) is 3. The van der Waals surface area contributed by atoms with Gasteiger partial charge in [0.1, 0.15) is 19.2 Å². The first-order valence-electron chi connectivity index (χ1n) is 5.77. The van der Waals surface area contributed by atoms with Crippen molar-refractivity contribution < 1.29 is 14.7 Å². The normalized spacial score (nSPS) is 10.6. The van der Waals surface area contributed by atoms with Gasteiger partial charge in [0.2, 0.25) is 5.91 Å². The van der Waals surface area contributed by atoms with Gasteiger partial charge in [-0.15, -0.1) is 0 Å². The summed E-state index contributed by atoms with van der Waals surface area (Å²) in [6, 6.07) is 6.87. The van der Waals surface area contributed by atoms with Crippen LogP contribution in [0.25, 0.3) is 6.08 Å². The Balaban J connectivity index is 2.00. The standard InChI is InChI=1S/C13H12N4O3/c18-12(7-17-9-14-8-15-17)16-11-3-1-2-10(6-11)4-5-13(19)20/h1-6,8-9H,7H2,(H,16,18)(H,19,20)/b5-4+. The third-order valence-corrected chi connectivity index (χ3v) is 2.36. The zero-order valence-corrected chi connectivity index (χ0v) is 10.4. The van der Waals surface area contributed by atoms with E-state index in [-0.39, 0.29) is 12.5 Å². The highest BCUT2D eigenvalue weighted by Crippen LogP contribution is 2.12. The summed E-state index contributed by atoms with van der Waals surface area (Å²) in [7, 11) is 0. The quantitative estimate of drug-likeness (QED) is 0.792. The Morgan fingerprint density at radius 3 is 2.95 bits per heavy atom. The number of rotatable bonds is 5. The van der Waals surface area contributed by atoms with Gasteiger partial charge in [-0.1, -0.05) is 12.1 Å². The van der Waals surface area contributed by atoms with Gasteiger partial charge in [-0.2, -0.15) is 5.10 Å². The van der Waals surface area contributed by atoms with Crippen LogP contribution in [0.3, 0.4) is 0 Å². The Kier molecular flexibility index (Phi) is 4.23. The predicted octanol–water partition coefficient (Wildman–Crippen LogP) is 1.01. The molecule has 1 amide bonds. The summed E-state index contributed by atoms with van der Waals surface area (Å²) in [5, 5.41) is 15.1. The molecule has 0 fully saturated rings. The van der Waals surface area contributed by atoms with Crippen LogP contribution in [0.5, 0.6) is 0 Å². The van der Waals surface area contributed by atoms with Gasteiger partial charge in [0.25, 0.3) is 0 Å². The van der Waals surface area contributed by atoms with Crippen LogP contribution in [-0.2, 0) is 16.1 Å². The van der Waals surface area contributed by atoms with Crippen molar-refractivity contribution in [1.29, 1.82) is 0 Å². The number of carbonyl (C=O) groups is 2. The molecule has 0 saturated carbocycles. The fourth-order valence-corrected chi connectivity index (χ4v) is 1.55. The maximum absolute atomic E-state index is 11.7. The third kappa shape index (κ3) is 4.05. The molecule has 1 aromatic carbocycles. The van der Waals surface area contributed by atoms with E-state index in [4.69, 9.17) is 5.11 Å². The van der Waals surface area contributed by atoms with Gasteiger partial charge < -0.3 is 10.4 Å². The highest BCUT2D eigenvalue weighted by Gasteiger charge is 2.04. The van der Waals surface area contributed by atoms with Crippen LogP contribution in [0.15, 0.2) is 43.0 Å². The maximum atomic E-state index is 11.7.